The van der Waals surface area contributed by atoms with Gasteiger partial charge < -0.3 is 20.9 Å². The Morgan fingerprint density at radius 3 is 2.67 bits per heavy atom. The highest BCUT2D eigenvalue weighted by molar-refractivity contribution is 6.30. The van der Waals surface area contributed by atoms with Crippen LogP contribution in [0.3, 0.4) is 0 Å². The molecule has 0 aliphatic carbocycles. The van der Waals surface area contributed by atoms with Gasteiger partial charge in [-0.15, -0.1) is 5.10 Å². The number of H-pyrrole nitrogens is 1. The number of aromatic amines is 1. The molecule has 0 saturated carbocycles. The number of amides is 3. The second-order valence-corrected chi connectivity index (χ2v) is 10.7. The van der Waals surface area contributed by atoms with Crippen LogP contribution >= 0.6 is 11.6 Å². The Bertz CT molecular complexity index is 1830. The minimum Gasteiger partial charge on any atom is -0.369 e. The van der Waals surface area contributed by atoms with Gasteiger partial charge in [0.2, 0.25) is 17.7 Å². The van der Waals surface area contributed by atoms with E-state index in [1.54, 1.807) is 35.2 Å². The Morgan fingerprint density at radius 1 is 1.07 bits per heavy atom. The topological polar surface area (TPSA) is 152 Å². The highest BCUT2D eigenvalue weighted by atomic mass is 35.5. The van der Waals surface area contributed by atoms with Crippen LogP contribution in [0, 0.1) is 0 Å². The first-order valence-electron chi connectivity index (χ1n) is 13.6. The molecule has 11 nitrogen and oxygen atoms in total. The minimum absolute atomic E-state index is 0.0915. The number of tetrazole rings is 1. The zero-order chi connectivity index (χ0) is 29.9. The Morgan fingerprint density at radius 2 is 1.91 bits per heavy atom. The van der Waals surface area contributed by atoms with Crippen LogP contribution in [-0.2, 0) is 20.8 Å². The van der Waals surface area contributed by atoms with Crippen molar-refractivity contribution in [3.05, 3.63) is 107 Å². The number of primary amides is 1. The maximum Gasteiger partial charge on any atom is 0.247 e. The van der Waals surface area contributed by atoms with E-state index in [1.807, 2.05) is 48.5 Å². The molecule has 3 heterocycles. The lowest BCUT2D eigenvalue weighted by molar-refractivity contribution is -0.133. The number of hydrogen-bond donors (Lipinski definition) is 3. The summed E-state index contributed by atoms with van der Waals surface area (Å²) in [7, 11) is 0. The van der Waals surface area contributed by atoms with Crippen molar-refractivity contribution in [2.45, 2.75) is 24.8 Å². The molecule has 4 N–H and O–H groups in total. The van der Waals surface area contributed by atoms with Crippen molar-refractivity contribution in [1.29, 1.82) is 0 Å². The number of benzene rings is 3. The number of nitrogens with zero attached hydrogens (tertiary/aromatic N) is 5. The van der Waals surface area contributed by atoms with Gasteiger partial charge in [-0.2, -0.15) is 4.68 Å². The van der Waals surface area contributed by atoms with Gasteiger partial charge in [0, 0.05) is 51.4 Å². The number of aromatic nitrogens is 5. The molecule has 5 aromatic rings. The van der Waals surface area contributed by atoms with Gasteiger partial charge in [0.05, 0.1) is 12.1 Å². The van der Waals surface area contributed by atoms with Crippen LogP contribution in [0.4, 0.5) is 5.69 Å². The smallest absolute Gasteiger partial charge is 0.247 e. The van der Waals surface area contributed by atoms with E-state index >= 15 is 0 Å². The van der Waals surface area contributed by atoms with Crippen LogP contribution in [-0.4, -0.2) is 60.4 Å². The van der Waals surface area contributed by atoms with Crippen molar-refractivity contribution >= 4 is 52.0 Å². The number of hydrogen-bond acceptors (Lipinski definition) is 6. The number of nitrogens with two attached hydrogens (primary N) is 1. The van der Waals surface area contributed by atoms with Gasteiger partial charge in [-0.05, 0) is 71.0 Å². The van der Waals surface area contributed by atoms with Crippen LogP contribution in [0.1, 0.15) is 29.2 Å². The van der Waals surface area contributed by atoms with Crippen LogP contribution in [0.15, 0.2) is 85.2 Å². The molecule has 12 heteroatoms. The molecule has 6 rings (SSSR count). The maximum absolute atomic E-state index is 13.9. The average Bonchev–Trinajstić information content (AvgIpc) is 3.76. The lowest BCUT2D eigenvalue weighted by Crippen LogP contribution is -2.44. The normalized spacial score (nSPS) is 16.6. The third-order valence-electron chi connectivity index (χ3n) is 7.48. The number of likely N-dealkylation sites (tertiary alicyclic amines) is 1. The van der Waals surface area contributed by atoms with Crippen LogP contribution in [0.2, 0.25) is 5.02 Å². The predicted octanol–water partition coefficient (Wildman–Crippen LogP) is 3.86. The molecule has 43 heavy (non-hydrogen) atoms. The van der Waals surface area contributed by atoms with E-state index < -0.39 is 11.9 Å². The molecule has 1 saturated heterocycles. The molecule has 0 radical (unpaired) electrons. The fourth-order valence-corrected chi connectivity index (χ4v) is 5.76. The Hall–Kier alpha value is -5.29. The average molecular weight is 595 g/mol. The first-order chi connectivity index (χ1) is 20.9. The van der Waals surface area contributed by atoms with Gasteiger partial charge in [-0.3, -0.25) is 14.4 Å². The SMILES string of the molecule is NC(=O)Cc1cc2cc(NC(=O)[C@H]3[C@H](c4ccccc4)CCN3C(=O)/C=C/c3cc(Cl)ccc3-n3cnnn3)ccc2[nH]1. The van der Waals surface area contributed by atoms with Crippen molar-refractivity contribution in [1.82, 2.24) is 30.1 Å². The molecule has 1 aliphatic heterocycles. The summed E-state index contributed by atoms with van der Waals surface area (Å²) in [6, 6.07) is 21.5. The van der Waals surface area contributed by atoms with Crippen LogP contribution in [0.25, 0.3) is 22.7 Å². The van der Waals surface area contributed by atoms with E-state index in [2.05, 4.69) is 25.8 Å². The van der Waals surface area contributed by atoms with Crippen molar-refractivity contribution < 1.29 is 14.4 Å². The molecule has 216 valence electrons. The number of carbonyl (C=O) groups is 3. The Kier molecular flexibility index (Phi) is 7.71. The van der Waals surface area contributed by atoms with Gasteiger partial charge in [0.1, 0.15) is 12.4 Å². The summed E-state index contributed by atoms with van der Waals surface area (Å²) in [5.41, 5.74) is 9.70. The van der Waals surface area contributed by atoms with E-state index in [9.17, 15) is 14.4 Å². The standard InChI is InChI=1S/C31H27ClN8O3/c32-22-7-10-27(40-18-34-37-38-40)20(14-22)6-11-29(42)39-13-12-25(19-4-2-1-3-5-19)30(39)31(43)36-23-8-9-26-21(15-23)16-24(35-26)17-28(33)41/h1-11,14-16,18,25,30,35H,12-13,17H2,(H2,33,41)(H,36,43)/b11-6+/t25-,30+/m0/s1. The van der Waals surface area contributed by atoms with Crippen molar-refractivity contribution in [2.24, 2.45) is 5.73 Å². The molecule has 3 amide bonds. The van der Waals surface area contributed by atoms with Gasteiger partial charge in [-0.1, -0.05) is 41.9 Å². The lowest BCUT2D eigenvalue weighted by atomic mass is 9.91. The van der Waals surface area contributed by atoms with E-state index in [0.29, 0.717) is 40.6 Å². The van der Waals surface area contributed by atoms with Crippen LogP contribution < -0.4 is 11.1 Å². The van der Waals surface area contributed by atoms with Crippen molar-refractivity contribution in [3.8, 4) is 5.69 Å². The fourth-order valence-electron chi connectivity index (χ4n) is 5.58. The zero-order valence-electron chi connectivity index (χ0n) is 22.9. The molecule has 2 atom stereocenters. The highest BCUT2D eigenvalue weighted by Crippen LogP contribution is 2.35. The molecule has 0 spiro atoms. The maximum atomic E-state index is 13.9. The Balaban J connectivity index is 1.27. The molecular formula is C31H27ClN8O3. The third kappa shape index (κ3) is 6.02. The van der Waals surface area contributed by atoms with E-state index in [-0.39, 0.29) is 24.2 Å². The number of fused-ring (bicyclic) bond motifs is 1. The number of rotatable bonds is 8. The molecule has 1 fully saturated rings. The van der Waals surface area contributed by atoms with Gasteiger partial charge >= 0.3 is 0 Å². The van der Waals surface area contributed by atoms with Gasteiger partial charge in [-0.25, -0.2) is 0 Å². The summed E-state index contributed by atoms with van der Waals surface area (Å²) in [6.45, 7) is 0.406. The molecule has 0 bridgehead atoms. The number of nitrogens with one attached hydrogen (secondary N) is 2. The zero-order valence-corrected chi connectivity index (χ0v) is 23.6. The minimum atomic E-state index is -0.745. The lowest BCUT2D eigenvalue weighted by Gasteiger charge is -2.27. The quantitative estimate of drug-likeness (QED) is 0.232. The van der Waals surface area contributed by atoms with E-state index in [1.165, 1.54) is 17.1 Å². The van der Waals surface area contributed by atoms with Gasteiger partial charge in [0.15, 0.2) is 0 Å². The number of anilines is 1. The van der Waals surface area contributed by atoms with Crippen LogP contribution in [0.5, 0.6) is 0 Å². The molecule has 2 aromatic heterocycles. The summed E-state index contributed by atoms with van der Waals surface area (Å²) >= 11 is 6.24. The summed E-state index contributed by atoms with van der Waals surface area (Å²) in [5.74, 6) is -1.23. The second-order valence-electron chi connectivity index (χ2n) is 10.3. The third-order valence-corrected chi connectivity index (χ3v) is 7.71. The van der Waals surface area contributed by atoms with Gasteiger partial charge in [0.25, 0.3) is 0 Å². The predicted molar refractivity (Wildman–Crippen MR) is 162 cm³/mol. The second kappa shape index (κ2) is 11.9. The fraction of sp³-hybridized carbons (Fsp3) is 0.161. The first kappa shape index (κ1) is 27.9. The van der Waals surface area contributed by atoms with E-state index in [4.69, 9.17) is 17.3 Å². The van der Waals surface area contributed by atoms with E-state index in [0.717, 1.165) is 16.5 Å². The molecule has 3 aromatic carbocycles. The molecular weight excluding hydrogens is 568 g/mol. The first-order valence-corrected chi connectivity index (χ1v) is 14.0. The summed E-state index contributed by atoms with van der Waals surface area (Å²) in [4.78, 5) is 43.6. The largest absolute Gasteiger partial charge is 0.369 e. The number of halogens is 1. The molecule has 0 unspecified atom stereocenters. The highest BCUT2D eigenvalue weighted by Gasteiger charge is 2.42. The number of carbonyl (C=O) groups excluding carboxylic acids is 3. The molecule has 1 aliphatic rings. The van der Waals surface area contributed by atoms with Crippen molar-refractivity contribution in [3.63, 3.8) is 0 Å². The summed E-state index contributed by atoms with van der Waals surface area (Å²) in [6.07, 6.45) is 5.27. The summed E-state index contributed by atoms with van der Waals surface area (Å²) in [5, 5.41) is 15.6. The van der Waals surface area contributed by atoms with Crippen molar-refractivity contribution in [2.75, 3.05) is 11.9 Å². The Labute approximate surface area is 251 Å². The monoisotopic (exact) mass is 594 g/mol. The summed E-state index contributed by atoms with van der Waals surface area (Å²) < 4.78 is 1.48.